The van der Waals surface area contributed by atoms with Gasteiger partial charge < -0.3 is 19.1 Å². The molecule has 1 saturated heterocycles. The Morgan fingerprint density at radius 2 is 1.88 bits per heavy atom. The predicted octanol–water partition coefficient (Wildman–Crippen LogP) is 1.42. The summed E-state index contributed by atoms with van der Waals surface area (Å²) >= 11 is 0. The summed E-state index contributed by atoms with van der Waals surface area (Å²) in [5, 5.41) is 3.75. The van der Waals surface area contributed by atoms with Crippen LogP contribution >= 0.6 is 0 Å². The summed E-state index contributed by atoms with van der Waals surface area (Å²) in [5.74, 6) is -1.03. The zero-order chi connectivity index (χ0) is 24.3. The van der Waals surface area contributed by atoms with Gasteiger partial charge in [0.2, 0.25) is 15.9 Å². The lowest BCUT2D eigenvalue weighted by Gasteiger charge is -2.34. The summed E-state index contributed by atoms with van der Waals surface area (Å²) in [6.45, 7) is 9.58. The van der Waals surface area contributed by atoms with Gasteiger partial charge in [-0.1, -0.05) is 5.16 Å². The van der Waals surface area contributed by atoms with Crippen molar-refractivity contribution >= 4 is 21.9 Å². The van der Waals surface area contributed by atoms with E-state index in [1.54, 1.807) is 34.6 Å². The maximum Gasteiger partial charge on any atom is 0.326 e. The molecule has 1 aromatic heterocycles. The van der Waals surface area contributed by atoms with E-state index in [2.05, 4.69) is 5.16 Å². The van der Waals surface area contributed by atoms with E-state index in [4.69, 9.17) is 9.26 Å². The monoisotopic (exact) mass is 472 g/mol. The average molecular weight is 473 g/mol. The van der Waals surface area contributed by atoms with Gasteiger partial charge in [-0.25, -0.2) is 8.42 Å². The highest BCUT2D eigenvalue weighted by atomic mass is 32.2. The number of aryl methyl sites for hydroxylation is 2. The van der Waals surface area contributed by atoms with Gasteiger partial charge >= 0.3 is 5.97 Å². The molecule has 182 valence electrons. The summed E-state index contributed by atoms with van der Waals surface area (Å²) in [4.78, 5) is 29.2. The normalized spacial score (nSPS) is 18.1. The van der Waals surface area contributed by atoms with Crippen LogP contribution in [0, 0.1) is 19.8 Å². The highest BCUT2D eigenvalue weighted by Gasteiger charge is 2.38. The van der Waals surface area contributed by atoms with Crippen LogP contribution in [0.1, 0.15) is 45.1 Å². The van der Waals surface area contributed by atoms with Crippen LogP contribution in [0.15, 0.2) is 9.42 Å². The van der Waals surface area contributed by atoms with Crippen LogP contribution in [-0.4, -0.2) is 92.0 Å². The highest BCUT2D eigenvalue weighted by molar-refractivity contribution is 7.89. The number of aromatic nitrogens is 1. The fourth-order valence-electron chi connectivity index (χ4n) is 3.71. The summed E-state index contributed by atoms with van der Waals surface area (Å²) in [7, 11) is -0.0713. The number of carbonyl (C=O) groups is 2. The van der Waals surface area contributed by atoms with Crippen molar-refractivity contribution in [3.63, 3.8) is 0 Å². The first-order valence-corrected chi connectivity index (χ1v) is 12.2. The molecule has 0 N–H and O–H groups in total. The highest BCUT2D eigenvalue weighted by Crippen LogP contribution is 2.28. The first-order valence-electron chi connectivity index (χ1n) is 10.8. The molecular weight excluding hydrogens is 436 g/mol. The summed E-state index contributed by atoms with van der Waals surface area (Å²) in [6.07, 6.45) is 1.10. The minimum absolute atomic E-state index is 0.0536. The number of likely N-dealkylation sites (N-methyl/N-ethyl adjacent to an activating group) is 1. The van der Waals surface area contributed by atoms with Gasteiger partial charge in [0.1, 0.15) is 22.7 Å². The van der Waals surface area contributed by atoms with Crippen molar-refractivity contribution in [2.24, 2.45) is 5.92 Å². The number of sulfonamides is 1. The van der Waals surface area contributed by atoms with Crippen molar-refractivity contribution in [1.82, 2.24) is 19.3 Å². The van der Waals surface area contributed by atoms with Crippen molar-refractivity contribution in [3.8, 4) is 0 Å². The molecule has 1 fully saturated rings. The number of rotatable bonds is 8. The molecule has 1 aliphatic rings. The van der Waals surface area contributed by atoms with Crippen LogP contribution in [0.3, 0.4) is 0 Å². The zero-order valence-electron chi connectivity index (χ0n) is 20.2. The van der Waals surface area contributed by atoms with E-state index in [0.29, 0.717) is 38.2 Å². The maximum atomic E-state index is 13.4. The third-order valence-electron chi connectivity index (χ3n) is 5.17. The van der Waals surface area contributed by atoms with Crippen LogP contribution in [0.4, 0.5) is 0 Å². The Balaban J connectivity index is 2.19. The second kappa shape index (κ2) is 10.3. The summed E-state index contributed by atoms with van der Waals surface area (Å²) in [5.41, 5.74) is -0.356. The van der Waals surface area contributed by atoms with Crippen molar-refractivity contribution in [2.75, 3.05) is 46.8 Å². The Labute approximate surface area is 190 Å². The predicted molar refractivity (Wildman–Crippen MR) is 118 cm³/mol. The molecule has 0 radical (unpaired) electrons. The number of esters is 1. The van der Waals surface area contributed by atoms with Gasteiger partial charge in [-0.05, 0) is 61.6 Å². The van der Waals surface area contributed by atoms with Crippen LogP contribution < -0.4 is 0 Å². The van der Waals surface area contributed by atoms with Crippen molar-refractivity contribution in [3.05, 3.63) is 11.5 Å². The largest absolute Gasteiger partial charge is 0.459 e. The molecule has 11 heteroatoms. The van der Waals surface area contributed by atoms with E-state index in [0.717, 1.165) is 0 Å². The van der Waals surface area contributed by atoms with Crippen LogP contribution in [-0.2, 0) is 24.3 Å². The fraction of sp³-hybridized carbons (Fsp3) is 0.762. The van der Waals surface area contributed by atoms with Crippen LogP contribution in [0.25, 0.3) is 0 Å². The summed E-state index contributed by atoms with van der Waals surface area (Å²) < 4.78 is 38.1. The molecule has 0 spiro atoms. The quantitative estimate of drug-likeness (QED) is 0.522. The Morgan fingerprint density at radius 3 is 2.41 bits per heavy atom. The van der Waals surface area contributed by atoms with Gasteiger partial charge in [0.15, 0.2) is 5.76 Å². The lowest BCUT2D eigenvalue weighted by Crippen LogP contribution is -2.49. The number of amides is 1. The Kier molecular flexibility index (Phi) is 8.46. The molecule has 1 amide bonds. The molecule has 32 heavy (non-hydrogen) atoms. The molecule has 2 rings (SSSR count). The SMILES string of the molecule is Cc1noc(C)c1S(=O)(=O)N1CCCC(C(=O)N(CCN(C)C)CC(=O)OC(C)(C)C)C1. The van der Waals surface area contributed by atoms with Crippen LogP contribution in [0.5, 0.6) is 0 Å². The minimum Gasteiger partial charge on any atom is -0.459 e. The standard InChI is InChI=1S/C21H36N4O6S/c1-15-19(16(2)31-22-15)32(28,29)25-10-8-9-17(13-25)20(27)24(12-11-23(6)7)14-18(26)30-21(3,4)5/h17H,8-14H2,1-7H3. The smallest absolute Gasteiger partial charge is 0.326 e. The average Bonchev–Trinajstić information content (AvgIpc) is 3.02. The van der Waals surface area contributed by atoms with E-state index < -0.39 is 27.5 Å². The van der Waals surface area contributed by atoms with E-state index in [1.165, 1.54) is 9.21 Å². The van der Waals surface area contributed by atoms with Crippen molar-refractivity contribution in [2.45, 2.75) is 58.0 Å². The number of hydrogen-bond donors (Lipinski definition) is 0. The van der Waals surface area contributed by atoms with Gasteiger partial charge in [-0.3, -0.25) is 9.59 Å². The molecule has 1 aromatic rings. The number of ether oxygens (including phenoxy) is 1. The molecule has 1 atom stereocenters. The molecule has 10 nitrogen and oxygen atoms in total. The summed E-state index contributed by atoms with van der Waals surface area (Å²) in [6, 6.07) is 0. The Morgan fingerprint density at radius 1 is 1.22 bits per heavy atom. The van der Waals surface area contributed by atoms with E-state index in [1.807, 2.05) is 19.0 Å². The van der Waals surface area contributed by atoms with Gasteiger partial charge in [0.25, 0.3) is 0 Å². The molecule has 0 bridgehead atoms. The lowest BCUT2D eigenvalue weighted by atomic mass is 9.98. The molecule has 1 unspecified atom stereocenters. The topological polar surface area (TPSA) is 113 Å². The van der Waals surface area contributed by atoms with E-state index in [9.17, 15) is 18.0 Å². The van der Waals surface area contributed by atoms with Gasteiger partial charge in [-0.2, -0.15) is 4.31 Å². The maximum absolute atomic E-state index is 13.4. The number of nitrogens with zero attached hydrogens (tertiary/aromatic N) is 4. The molecule has 0 saturated carbocycles. The molecule has 1 aliphatic heterocycles. The first-order chi connectivity index (χ1) is 14.7. The van der Waals surface area contributed by atoms with E-state index >= 15 is 0 Å². The zero-order valence-corrected chi connectivity index (χ0v) is 21.0. The Hall–Kier alpha value is -1.98. The number of piperidine rings is 1. The lowest BCUT2D eigenvalue weighted by molar-refractivity contribution is -0.160. The number of carbonyl (C=O) groups excluding carboxylic acids is 2. The van der Waals surface area contributed by atoms with Gasteiger partial charge in [-0.15, -0.1) is 0 Å². The molecule has 2 heterocycles. The second-order valence-electron chi connectivity index (χ2n) is 9.51. The molecule has 0 aromatic carbocycles. The first kappa shape index (κ1) is 26.3. The third kappa shape index (κ3) is 6.76. The van der Waals surface area contributed by atoms with Gasteiger partial charge in [0.05, 0.1) is 5.92 Å². The number of hydrogen-bond acceptors (Lipinski definition) is 8. The van der Waals surface area contributed by atoms with Crippen molar-refractivity contribution < 1.29 is 27.3 Å². The minimum atomic E-state index is -3.84. The van der Waals surface area contributed by atoms with Crippen LogP contribution in [0.2, 0.25) is 0 Å². The molecule has 0 aliphatic carbocycles. The fourth-order valence-corrected chi connectivity index (χ4v) is 5.52. The van der Waals surface area contributed by atoms with Crippen molar-refractivity contribution in [1.29, 1.82) is 0 Å². The Bertz CT molecular complexity index is 900. The third-order valence-corrected chi connectivity index (χ3v) is 7.28. The van der Waals surface area contributed by atoms with Gasteiger partial charge in [0, 0.05) is 26.2 Å². The van der Waals surface area contributed by atoms with E-state index in [-0.39, 0.29) is 29.7 Å². The second-order valence-corrected chi connectivity index (χ2v) is 11.4. The molecular formula is C21H36N4O6S.